The van der Waals surface area contributed by atoms with Gasteiger partial charge in [0.25, 0.3) is 0 Å². The van der Waals surface area contributed by atoms with Crippen LogP contribution in [0.15, 0.2) is 109 Å². The van der Waals surface area contributed by atoms with Crippen LogP contribution in [-0.4, -0.2) is 4.57 Å². The van der Waals surface area contributed by atoms with E-state index in [2.05, 4.69) is 121 Å². The SMILES string of the molecule is Cc1ccccc1-n1c2ccccc2c2cc(-c3ccc4c(c3)-c3ccccc3C4)ccc21. The zero-order valence-corrected chi connectivity index (χ0v) is 18.5. The second kappa shape index (κ2) is 6.95. The molecule has 0 saturated carbocycles. The summed E-state index contributed by atoms with van der Waals surface area (Å²) in [6.45, 7) is 2.19. The van der Waals surface area contributed by atoms with Crippen molar-refractivity contribution in [1.29, 1.82) is 0 Å². The first-order valence-electron chi connectivity index (χ1n) is 11.6. The maximum atomic E-state index is 2.41. The fourth-order valence-corrected chi connectivity index (χ4v) is 5.53. The molecule has 6 aromatic rings. The molecule has 0 atom stereocenters. The van der Waals surface area contributed by atoms with Crippen LogP contribution in [0.2, 0.25) is 0 Å². The lowest BCUT2D eigenvalue weighted by Gasteiger charge is -2.11. The number of nitrogens with zero attached hydrogens (tertiary/aromatic N) is 1. The number of aromatic nitrogens is 1. The summed E-state index contributed by atoms with van der Waals surface area (Å²) < 4.78 is 2.41. The van der Waals surface area contributed by atoms with E-state index < -0.39 is 0 Å². The quantitative estimate of drug-likeness (QED) is 0.264. The van der Waals surface area contributed by atoms with Gasteiger partial charge in [0.1, 0.15) is 0 Å². The van der Waals surface area contributed by atoms with Gasteiger partial charge in [-0.2, -0.15) is 0 Å². The molecular weight excluding hydrogens is 398 g/mol. The fourth-order valence-electron chi connectivity index (χ4n) is 5.53. The van der Waals surface area contributed by atoms with E-state index in [1.165, 1.54) is 66.4 Å². The van der Waals surface area contributed by atoms with Gasteiger partial charge in [0, 0.05) is 16.5 Å². The molecule has 33 heavy (non-hydrogen) atoms. The summed E-state index contributed by atoms with van der Waals surface area (Å²) in [6, 6.07) is 40.1. The molecule has 1 heterocycles. The Kier molecular flexibility index (Phi) is 3.89. The van der Waals surface area contributed by atoms with Crippen LogP contribution in [0, 0.1) is 6.92 Å². The van der Waals surface area contributed by atoms with Crippen LogP contribution in [0.3, 0.4) is 0 Å². The molecule has 0 aliphatic heterocycles. The molecule has 0 fully saturated rings. The minimum absolute atomic E-state index is 1.04. The summed E-state index contributed by atoms with van der Waals surface area (Å²) in [7, 11) is 0. The number of aryl methyl sites for hydroxylation is 1. The highest BCUT2D eigenvalue weighted by Gasteiger charge is 2.19. The molecule has 5 aromatic carbocycles. The van der Waals surface area contributed by atoms with Crippen molar-refractivity contribution in [1.82, 2.24) is 4.57 Å². The Balaban J connectivity index is 1.45. The molecule has 156 valence electrons. The summed E-state index contributed by atoms with van der Waals surface area (Å²) in [5, 5.41) is 2.59. The Morgan fingerprint density at radius 1 is 0.545 bits per heavy atom. The minimum Gasteiger partial charge on any atom is -0.309 e. The van der Waals surface area contributed by atoms with Crippen molar-refractivity contribution in [2.75, 3.05) is 0 Å². The predicted molar refractivity (Wildman–Crippen MR) is 139 cm³/mol. The van der Waals surface area contributed by atoms with Gasteiger partial charge in [0.05, 0.1) is 11.0 Å². The van der Waals surface area contributed by atoms with Gasteiger partial charge in [-0.05, 0) is 82.6 Å². The highest BCUT2D eigenvalue weighted by atomic mass is 15.0. The highest BCUT2D eigenvalue weighted by Crippen LogP contribution is 2.40. The summed E-state index contributed by atoms with van der Waals surface area (Å²) in [4.78, 5) is 0. The topological polar surface area (TPSA) is 4.93 Å². The summed E-state index contributed by atoms with van der Waals surface area (Å²) >= 11 is 0. The lowest BCUT2D eigenvalue weighted by atomic mass is 9.97. The third-order valence-corrected chi connectivity index (χ3v) is 7.16. The Labute approximate surface area is 193 Å². The first kappa shape index (κ1) is 18.5. The molecule has 0 bridgehead atoms. The van der Waals surface area contributed by atoms with Crippen molar-refractivity contribution in [3.63, 3.8) is 0 Å². The normalized spacial score (nSPS) is 12.3. The Bertz CT molecular complexity index is 1700. The number of fused-ring (bicyclic) bond motifs is 6. The van der Waals surface area contributed by atoms with Crippen LogP contribution in [0.4, 0.5) is 0 Å². The van der Waals surface area contributed by atoms with E-state index in [-0.39, 0.29) is 0 Å². The van der Waals surface area contributed by atoms with Crippen LogP contribution in [0.5, 0.6) is 0 Å². The molecule has 0 spiro atoms. The molecule has 0 amide bonds. The van der Waals surface area contributed by atoms with Crippen molar-refractivity contribution in [3.8, 4) is 27.9 Å². The van der Waals surface area contributed by atoms with E-state index >= 15 is 0 Å². The van der Waals surface area contributed by atoms with Gasteiger partial charge in [0.15, 0.2) is 0 Å². The summed E-state index contributed by atoms with van der Waals surface area (Å²) in [5.74, 6) is 0. The van der Waals surface area contributed by atoms with Gasteiger partial charge in [-0.1, -0.05) is 78.9 Å². The molecular formula is C32H23N. The van der Waals surface area contributed by atoms with E-state index in [0.29, 0.717) is 0 Å². The number of hydrogen-bond acceptors (Lipinski definition) is 0. The van der Waals surface area contributed by atoms with E-state index in [9.17, 15) is 0 Å². The van der Waals surface area contributed by atoms with Crippen molar-refractivity contribution in [3.05, 3.63) is 126 Å². The maximum absolute atomic E-state index is 2.41. The van der Waals surface area contributed by atoms with Crippen molar-refractivity contribution < 1.29 is 0 Å². The van der Waals surface area contributed by atoms with E-state index in [1.54, 1.807) is 0 Å². The van der Waals surface area contributed by atoms with Crippen LogP contribution >= 0.6 is 0 Å². The Morgan fingerprint density at radius 3 is 2.18 bits per heavy atom. The second-order valence-corrected chi connectivity index (χ2v) is 9.08. The first-order valence-corrected chi connectivity index (χ1v) is 11.6. The second-order valence-electron chi connectivity index (χ2n) is 9.08. The highest BCUT2D eigenvalue weighted by molar-refractivity contribution is 6.10. The standard InChI is InChI=1S/C32H23N/c1-21-8-2-6-12-30(21)33-31-13-7-5-11-27(31)29-20-23(16-17-32(29)33)22-14-15-25-18-24-9-3-4-10-26(24)28(25)19-22/h2-17,19-20H,18H2,1H3. The molecule has 0 saturated heterocycles. The molecule has 1 aromatic heterocycles. The van der Waals surface area contributed by atoms with Crippen LogP contribution < -0.4 is 0 Å². The van der Waals surface area contributed by atoms with Crippen LogP contribution in [-0.2, 0) is 6.42 Å². The zero-order chi connectivity index (χ0) is 21.9. The monoisotopic (exact) mass is 421 g/mol. The number of benzene rings is 5. The van der Waals surface area contributed by atoms with Gasteiger partial charge in [-0.15, -0.1) is 0 Å². The van der Waals surface area contributed by atoms with Gasteiger partial charge >= 0.3 is 0 Å². The zero-order valence-electron chi connectivity index (χ0n) is 18.5. The maximum Gasteiger partial charge on any atom is 0.0541 e. The minimum atomic E-state index is 1.04. The third kappa shape index (κ3) is 2.72. The van der Waals surface area contributed by atoms with Crippen LogP contribution in [0.25, 0.3) is 49.7 Å². The molecule has 1 aliphatic carbocycles. The lowest BCUT2D eigenvalue weighted by molar-refractivity contribution is 1.15. The average Bonchev–Trinajstić information content (AvgIpc) is 3.39. The predicted octanol–water partition coefficient (Wildman–Crippen LogP) is 8.33. The summed E-state index contributed by atoms with van der Waals surface area (Å²) in [5.41, 5.74) is 13.2. The number of hydrogen-bond donors (Lipinski definition) is 0. The van der Waals surface area contributed by atoms with Gasteiger partial charge < -0.3 is 4.57 Å². The number of para-hydroxylation sites is 2. The first-order chi connectivity index (χ1) is 16.3. The van der Waals surface area contributed by atoms with Crippen molar-refractivity contribution in [2.24, 2.45) is 0 Å². The Morgan fingerprint density at radius 2 is 1.24 bits per heavy atom. The van der Waals surface area contributed by atoms with Crippen molar-refractivity contribution in [2.45, 2.75) is 13.3 Å². The fraction of sp³-hybridized carbons (Fsp3) is 0.0625. The molecule has 0 N–H and O–H groups in total. The van der Waals surface area contributed by atoms with Gasteiger partial charge in [-0.25, -0.2) is 0 Å². The van der Waals surface area contributed by atoms with Crippen molar-refractivity contribution >= 4 is 21.8 Å². The van der Waals surface area contributed by atoms with E-state index in [4.69, 9.17) is 0 Å². The Hall–Kier alpha value is -4.10. The molecule has 1 heteroatoms. The summed E-state index contributed by atoms with van der Waals surface area (Å²) in [6.07, 6.45) is 1.04. The van der Waals surface area contributed by atoms with E-state index in [1.807, 2.05) is 0 Å². The lowest BCUT2D eigenvalue weighted by Crippen LogP contribution is -1.96. The van der Waals surface area contributed by atoms with E-state index in [0.717, 1.165) is 6.42 Å². The smallest absolute Gasteiger partial charge is 0.0541 e. The van der Waals surface area contributed by atoms with Gasteiger partial charge in [-0.3, -0.25) is 0 Å². The number of rotatable bonds is 2. The average molecular weight is 422 g/mol. The third-order valence-electron chi connectivity index (χ3n) is 7.16. The molecule has 1 nitrogen and oxygen atoms in total. The molecule has 7 rings (SSSR count). The molecule has 0 unspecified atom stereocenters. The van der Waals surface area contributed by atoms with Gasteiger partial charge in [0.2, 0.25) is 0 Å². The molecule has 1 aliphatic rings. The van der Waals surface area contributed by atoms with Crippen LogP contribution in [0.1, 0.15) is 16.7 Å². The molecule has 0 radical (unpaired) electrons. The largest absolute Gasteiger partial charge is 0.309 e.